The lowest BCUT2D eigenvalue weighted by Gasteiger charge is -2.06. The molecular weight excluding hydrogens is 196 g/mol. The van der Waals surface area contributed by atoms with Gasteiger partial charge in [0, 0.05) is 11.8 Å². The average molecular weight is 212 g/mol. The molecule has 0 aliphatic rings. The van der Waals surface area contributed by atoms with Crippen molar-refractivity contribution in [3.05, 3.63) is 48.3 Å². The van der Waals surface area contributed by atoms with Crippen LogP contribution in [-0.2, 0) is 6.42 Å². The van der Waals surface area contributed by atoms with Gasteiger partial charge in [0.25, 0.3) is 0 Å². The Bertz CT molecular complexity index is 460. The Morgan fingerprint density at radius 2 is 1.88 bits per heavy atom. The summed E-state index contributed by atoms with van der Waals surface area (Å²) in [4.78, 5) is 3.99. The van der Waals surface area contributed by atoms with Crippen molar-refractivity contribution in [3.8, 4) is 11.1 Å². The quantitative estimate of drug-likeness (QED) is 0.848. The Balaban J connectivity index is 2.31. The molecule has 0 unspecified atom stereocenters. The molecule has 2 nitrogen and oxygen atoms in total. The largest absolute Gasteiger partial charge is 0.397 e. The number of hydrogen-bond donors (Lipinski definition) is 1. The van der Waals surface area contributed by atoms with Crippen molar-refractivity contribution >= 4 is 5.69 Å². The van der Waals surface area contributed by atoms with Gasteiger partial charge in [-0.3, -0.25) is 4.98 Å². The Hall–Kier alpha value is -1.83. The average Bonchev–Trinajstić information content (AvgIpc) is 2.31. The van der Waals surface area contributed by atoms with E-state index >= 15 is 0 Å². The predicted molar refractivity (Wildman–Crippen MR) is 68.1 cm³/mol. The Morgan fingerprint density at radius 1 is 1.12 bits per heavy atom. The second-order valence-corrected chi connectivity index (χ2v) is 3.91. The first-order chi connectivity index (χ1) is 7.81. The number of nitrogen functional groups attached to an aromatic ring is 1. The summed E-state index contributed by atoms with van der Waals surface area (Å²) in [6.07, 6.45) is 5.77. The minimum absolute atomic E-state index is 0.728. The van der Waals surface area contributed by atoms with Crippen LogP contribution in [-0.4, -0.2) is 4.98 Å². The Morgan fingerprint density at radius 3 is 2.50 bits per heavy atom. The summed E-state index contributed by atoms with van der Waals surface area (Å²) in [6.45, 7) is 2.19. The van der Waals surface area contributed by atoms with Gasteiger partial charge in [-0.1, -0.05) is 37.6 Å². The zero-order valence-corrected chi connectivity index (χ0v) is 9.48. The zero-order valence-electron chi connectivity index (χ0n) is 9.48. The molecule has 0 aliphatic carbocycles. The molecule has 1 aromatic carbocycles. The monoisotopic (exact) mass is 212 g/mol. The molecule has 2 aromatic rings. The number of aryl methyl sites for hydroxylation is 1. The fraction of sp³-hybridized carbons (Fsp3) is 0.214. The van der Waals surface area contributed by atoms with Crippen LogP contribution in [0.15, 0.2) is 42.7 Å². The van der Waals surface area contributed by atoms with Crippen LogP contribution in [0.1, 0.15) is 18.9 Å². The van der Waals surface area contributed by atoms with E-state index in [1.165, 1.54) is 12.0 Å². The van der Waals surface area contributed by atoms with Gasteiger partial charge in [0.15, 0.2) is 0 Å². The molecule has 2 heteroatoms. The second kappa shape index (κ2) is 4.79. The molecule has 2 rings (SSSR count). The van der Waals surface area contributed by atoms with Crippen LogP contribution in [0, 0.1) is 0 Å². The molecule has 0 atom stereocenters. The van der Waals surface area contributed by atoms with Gasteiger partial charge in [-0.05, 0) is 23.6 Å². The van der Waals surface area contributed by atoms with Gasteiger partial charge in [0.1, 0.15) is 0 Å². The molecule has 0 radical (unpaired) electrons. The fourth-order valence-corrected chi connectivity index (χ4v) is 1.81. The summed E-state index contributed by atoms with van der Waals surface area (Å²) in [6, 6.07) is 10.5. The SMILES string of the molecule is CCCc1ccc(-c2ccncc2N)cc1. The first kappa shape index (κ1) is 10.7. The maximum absolute atomic E-state index is 5.89. The van der Waals surface area contributed by atoms with Crippen LogP contribution in [0.2, 0.25) is 0 Å². The standard InChI is InChI=1S/C14H16N2/c1-2-3-11-4-6-12(7-5-11)13-8-9-16-10-14(13)15/h4-10H,2-3,15H2,1H3. The van der Waals surface area contributed by atoms with Crippen LogP contribution in [0.4, 0.5) is 5.69 Å². The van der Waals surface area contributed by atoms with Crippen molar-refractivity contribution in [2.45, 2.75) is 19.8 Å². The van der Waals surface area contributed by atoms with Gasteiger partial charge in [-0.15, -0.1) is 0 Å². The highest BCUT2D eigenvalue weighted by Crippen LogP contribution is 2.24. The third-order valence-corrected chi connectivity index (χ3v) is 2.66. The summed E-state index contributed by atoms with van der Waals surface area (Å²) >= 11 is 0. The van der Waals surface area contributed by atoms with E-state index in [0.29, 0.717) is 0 Å². The molecule has 1 heterocycles. The summed E-state index contributed by atoms with van der Waals surface area (Å²) < 4.78 is 0. The Labute approximate surface area is 96.1 Å². The number of rotatable bonds is 3. The van der Waals surface area contributed by atoms with Crippen LogP contribution in [0.25, 0.3) is 11.1 Å². The first-order valence-corrected chi connectivity index (χ1v) is 5.60. The highest BCUT2D eigenvalue weighted by molar-refractivity contribution is 5.75. The highest BCUT2D eigenvalue weighted by Gasteiger charge is 2.01. The summed E-state index contributed by atoms with van der Waals surface area (Å²) in [5.74, 6) is 0. The van der Waals surface area contributed by atoms with Gasteiger partial charge >= 0.3 is 0 Å². The third kappa shape index (κ3) is 2.22. The number of hydrogen-bond acceptors (Lipinski definition) is 2. The van der Waals surface area contributed by atoms with Crippen molar-refractivity contribution in [2.24, 2.45) is 0 Å². The van der Waals surface area contributed by atoms with E-state index in [2.05, 4.69) is 36.2 Å². The lowest BCUT2D eigenvalue weighted by atomic mass is 10.0. The molecule has 0 bridgehead atoms. The highest BCUT2D eigenvalue weighted by atomic mass is 14.7. The second-order valence-electron chi connectivity index (χ2n) is 3.91. The zero-order chi connectivity index (χ0) is 11.4. The maximum atomic E-state index is 5.89. The molecular formula is C14H16N2. The summed E-state index contributed by atoms with van der Waals surface area (Å²) in [5.41, 5.74) is 10.2. The number of nitrogens with zero attached hydrogens (tertiary/aromatic N) is 1. The van der Waals surface area contributed by atoms with Crippen molar-refractivity contribution in [3.63, 3.8) is 0 Å². The van der Waals surface area contributed by atoms with Crippen molar-refractivity contribution in [2.75, 3.05) is 5.73 Å². The predicted octanol–water partition coefficient (Wildman–Crippen LogP) is 3.28. The number of aromatic nitrogens is 1. The Kier molecular flexibility index (Phi) is 3.20. The van der Waals surface area contributed by atoms with E-state index in [-0.39, 0.29) is 0 Å². The van der Waals surface area contributed by atoms with Crippen molar-refractivity contribution in [1.29, 1.82) is 0 Å². The normalized spacial score (nSPS) is 10.3. The molecule has 0 fully saturated rings. The van der Waals surface area contributed by atoms with E-state index < -0.39 is 0 Å². The number of pyridine rings is 1. The number of benzene rings is 1. The molecule has 0 aliphatic heterocycles. The maximum Gasteiger partial charge on any atom is 0.0580 e. The van der Waals surface area contributed by atoms with Gasteiger partial charge in [0.05, 0.1) is 11.9 Å². The molecule has 0 saturated heterocycles. The van der Waals surface area contributed by atoms with Crippen molar-refractivity contribution in [1.82, 2.24) is 4.98 Å². The molecule has 82 valence electrons. The fourth-order valence-electron chi connectivity index (χ4n) is 1.81. The van der Waals surface area contributed by atoms with Crippen molar-refractivity contribution < 1.29 is 0 Å². The summed E-state index contributed by atoms with van der Waals surface area (Å²) in [5, 5.41) is 0. The number of nitrogens with two attached hydrogens (primary N) is 1. The van der Waals surface area contributed by atoms with Gasteiger partial charge in [0.2, 0.25) is 0 Å². The number of anilines is 1. The third-order valence-electron chi connectivity index (χ3n) is 2.66. The molecule has 16 heavy (non-hydrogen) atoms. The summed E-state index contributed by atoms with van der Waals surface area (Å²) in [7, 11) is 0. The van der Waals surface area contributed by atoms with E-state index in [4.69, 9.17) is 5.73 Å². The van der Waals surface area contributed by atoms with E-state index in [9.17, 15) is 0 Å². The van der Waals surface area contributed by atoms with E-state index in [1.54, 1.807) is 12.4 Å². The van der Waals surface area contributed by atoms with Gasteiger partial charge < -0.3 is 5.73 Å². The lowest BCUT2D eigenvalue weighted by Crippen LogP contribution is -1.91. The molecule has 1 aromatic heterocycles. The lowest BCUT2D eigenvalue weighted by molar-refractivity contribution is 0.922. The minimum Gasteiger partial charge on any atom is -0.397 e. The van der Waals surface area contributed by atoms with E-state index in [0.717, 1.165) is 23.2 Å². The molecule has 0 saturated carbocycles. The molecule has 2 N–H and O–H groups in total. The van der Waals surface area contributed by atoms with Gasteiger partial charge in [-0.25, -0.2) is 0 Å². The van der Waals surface area contributed by atoms with Gasteiger partial charge in [-0.2, -0.15) is 0 Å². The van der Waals surface area contributed by atoms with Crippen LogP contribution >= 0.6 is 0 Å². The minimum atomic E-state index is 0.728. The molecule has 0 amide bonds. The first-order valence-electron chi connectivity index (χ1n) is 5.60. The smallest absolute Gasteiger partial charge is 0.0580 e. The van der Waals surface area contributed by atoms with E-state index in [1.807, 2.05) is 6.07 Å². The molecule has 0 spiro atoms. The van der Waals surface area contributed by atoms with Crippen LogP contribution < -0.4 is 5.73 Å². The van der Waals surface area contributed by atoms with Crippen LogP contribution in [0.5, 0.6) is 0 Å². The van der Waals surface area contributed by atoms with Crippen LogP contribution in [0.3, 0.4) is 0 Å². The topological polar surface area (TPSA) is 38.9 Å².